The lowest BCUT2D eigenvalue weighted by molar-refractivity contribution is -0.269. The largest absolute Gasteiger partial charge is 0.463 e. The number of esters is 4. The monoisotopic (exact) mass is 441 g/mol. The fourth-order valence-electron chi connectivity index (χ4n) is 3.05. The Morgan fingerprint density at radius 2 is 1.52 bits per heavy atom. The fraction of sp³-hybridized carbons (Fsp3) is 0.556. The van der Waals surface area contributed by atoms with Gasteiger partial charge < -0.3 is 29.4 Å². The molecule has 1 aromatic rings. The lowest BCUT2D eigenvalue weighted by Gasteiger charge is -2.44. The van der Waals surface area contributed by atoms with E-state index in [9.17, 15) is 24.0 Å². The van der Waals surface area contributed by atoms with Crippen LogP contribution in [0.15, 0.2) is 17.1 Å². The van der Waals surface area contributed by atoms with E-state index in [2.05, 4.69) is 4.98 Å². The van der Waals surface area contributed by atoms with E-state index in [1.54, 1.807) is 0 Å². The first-order valence-electron chi connectivity index (χ1n) is 9.14. The molecule has 1 fully saturated rings. The predicted molar refractivity (Wildman–Crippen MR) is 100 cm³/mol. The third-order valence-corrected chi connectivity index (χ3v) is 4.09. The van der Waals surface area contributed by atoms with Crippen LogP contribution in [0.3, 0.4) is 0 Å². The second kappa shape index (κ2) is 10.0. The number of aromatic nitrogens is 2. The lowest BCUT2D eigenvalue weighted by atomic mass is 9.97. The average molecular weight is 441 g/mol. The van der Waals surface area contributed by atoms with Crippen molar-refractivity contribution in [2.75, 3.05) is 12.3 Å². The van der Waals surface area contributed by atoms with Crippen molar-refractivity contribution in [2.45, 2.75) is 58.3 Å². The molecule has 31 heavy (non-hydrogen) atoms. The first-order chi connectivity index (χ1) is 14.5. The highest BCUT2D eigenvalue weighted by Crippen LogP contribution is 2.34. The molecular formula is C18H23N3O10. The number of hydrogen-bond donors (Lipinski definition) is 1. The molecule has 5 atom stereocenters. The highest BCUT2D eigenvalue weighted by atomic mass is 16.7. The molecule has 2 rings (SSSR count). The summed E-state index contributed by atoms with van der Waals surface area (Å²) in [7, 11) is 0. The van der Waals surface area contributed by atoms with Crippen LogP contribution in [0.5, 0.6) is 0 Å². The second-order valence-electron chi connectivity index (χ2n) is 6.63. The van der Waals surface area contributed by atoms with Crippen molar-refractivity contribution in [3.05, 3.63) is 22.7 Å². The third-order valence-electron chi connectivity index (χ3n) is 4.09. The van der Waals surface area contributed by atoms with E-state index in [0.717, 1.165) is 32.3 Å². The molecule has 2 N–H and O–H groups in total. The molecule has 13 heteroatoms. The van der Waals surface area contributed by atoms with Crippen LogP contribution in [-0.2, 0) is 42.9 Å². The minimum Gasteiger partial charge on any atom is -0.463 e. The van der Waals surface area contributed by atoms with Gasteiger partial charge in [-0.2, -0.15) is 4.98 Å². The Balaban J connectivity index is 2.59. The van der Waals surface area contributed by atoms with Crippen LogP contribution in [0.1, 0.15) is 33.9 Å². The first kappa shape index (κ1) is 23.8. The van der Waals surface area contributed by atoms with Crippen molar-refractivity contribution in [3.63, 3.8) is 0 Å². The number of anilines is 1. The molecule has 170 valence electrons. The molecule has 0 saturated carbocycles. The van der Waals surface area contributed by atoms with Gasteiger partial charge in [-0.25, -0.2) is 4.79 Å². The Kier molecular flexibility index (Phi) is 7.69. The highest BCUT2D eigenvalue weighted by Gasteiger charge is 2.53. The van der Waals surface area contributed by atoms with Crippen molar-refractivity contribution in [1.29, 1.82) is 0 Å². The van der Waals surface area contributed by atoms with Gasteiger partial charge in [0.15, 0.2) is 24.5 Å². The summed E-state index contributed by atoms with van der Waals surface area (Å²) in [6.07, 6.45) is -5.44. The summed E-state index contributed by atoms with van der Waals surface area (Å²) in [6.45, 7) is 4.04. The van der Waals surface area contributed by atoms with Crippen molar-refractivity contribution in [1.82, 2.24) is 9.55 Å². The molecule has 0 aliphatic carbocycles. The van der Waals surface area contributed by atoms with Crippen LogP contribution in [0, 0.1) is 0 Å². The maximum atomic E-state index is 12.4. The molecule has 0 amide bonds. The molecule has 0 aromatic carbocycles. The smallest absolute Gasteiger partial charge is 0.351 e. The normalized spacial score (nSPS) is 25.2. The zero-order chi connectivity index (χ0) is 23.3. The van der Waals surface area contributed by atoms with Crippen LogP contribution in [0.25, 0.3) is 0 Å². The van der Waals surface area contributed by atoms with Gasteiger partial charge in [0.1, 0.15) is 18.5 Å². The standard InChI is InChI=1S/C18H23N3O10/c1-8(22)27-7-12-14(28-9(2)23)15(29-10(3)24)16(30-11(4)25)17(31-12)21-6-5-13(19)20-18(21)26/h5-6,12,14-17H,7H2,1-4H3,(H2,19,20,26)/t12-,14-,15+,16-,17-/m1/s1. The average Bonchev–Trinajstić information content (AvgIpc) is 2.63. The zero-order valence-corrected chi connectivity index (χ0v) is 17.3. The van der Waals surface area contributed by atoms with Crippen molar-refractivity contribution in [3.8, 4) is 0 Å². The number of hydrogen-bond acceptors (Lipinski definition) is 12. The molecule has 0 bridgehead atoms. The van der Waals surface area contributed by atoms with E-state index in [0.29, 0.717) is 0 Å². The summed E-state index contributed by atoms with van der Waals surface area (Å²) < 4.78 is 27.6. The van der Waals surface area contributed by atoms with Crippen molar-refractivity contribution in [2.24, 2.45) is 0 Å². The molecule has 2 heterocycles. The Morgan fingerprint density at radius 1 is 0.968 bits per heavy atom. The quantitative estimate of drug-likeness (QED) is 0.425. The van der Waals surface area contributed by atoms with E-state index in [1.165, 1.54) is 12.3 Å². The maximum absolute atomic E-state index is 12.4. The summed E-state index contributed by atoms with van der Waals surface area (Å²) >= 11 is 0. The first-order valence-corrected chi connectivity index (χ1v) is 9.14. The summed E-state index contributed by atoms with van der Waals surface area (Å²) in [6, 6.07) is 1.30. The Hall–Kier alpha value is -3.48. The Bertz CT molecular complexity index is 914. The summed E-state index contributed by atoms with van der Waals surface area (Å²) in [4.78, 5) is 62.5. The number of carbonyl (C=O) groups is 4. The van der Waals surface area contributed by atoms with Gasteiger partial charge in [0, 0.05) is 33.9 Å². The van der Waals surface area contributed by atoms with Gasteiger partial charge in [0.05, 0.1) is 0 Å². The van der Waals surface area contributed by atoms with Gasteiger partial charge >= 0.3 is 29.6 Å². The molecule has 1 aromatic heterocycles. The topological polar surface area (TPSA) is 175 Å². The summed E-state index contributed by atoms with van der Waals surface area (Å²) in [5.41, 5.74) is 4.67. The van der Waals surface area contributed by atoms with Gasteiger partial charge in [-0.3, -0.25) is 23.7 Å². The lowest BCUT2D eigenvalue weighted by Crippen LogP contribution is -2.61. The van der Waals surface area contributed by atoms with E-state index in [-0.39, 0.29) is 5.82 Å². The molecule has 1 aliphatic heterocycles. The van der Waals surface area contributed by atoms with E-state index in [1.807, 2.05) is 0 Å². The Morgan fingerprint density at radius 3 is 2.03 bits per heavy atom. The molecule has 1 saturated heterocycles. The highest BCUT2D eigenvalue weighted by molar-refractivity contribution is 5.68. The summed E-state index contributed by atoms with van der Waals surface area (Å²) in [5.74, 6) is -3.04. The maximum Gasteiger partial charge on any atom is 0.351 e. The fourth-order valence-corrected chi connectivity index (χ4v) is 3.05. The van der Waals surface area contributed by atoms with Crippen LogP contribution >= 0.6 is 0 Å². The van der Waals surface area contributed by atoms with E-state index in [4.69, 9.17) is 29.4 Å². The SMILES string of the molecule is CC(=O)OC[C@H]1O[C@@H](n2ccc(N)nc2=O)[C@H](OC(C)=O)[C@@H](OC(C)=O)[C@@H]1OC(C)=O. The summed E-state index contributed by atoms with van der Waals surface area (Å²) in [5, 5.41) is 0. The molecule has 1 aliphatic rings. The second-order valence-corrected chi connectivity index (χ2v) is 6.63. The molecule has 0 radical (unpaired) electrons. The van der Waals surface area contributed by atoms with Crippen molar-refractivity contribution >= 4 is 29.7 Å². The van der Waals surface area contributed by atoms with Gasteiger partial charge in [0.25, 0.3) is 0 Å². The van der Waals surface area contributed by atoms with Crippen LogP contribution < -0.4 is 11.4 Å². The number of carbonyl (C=O) groups excluding carboxylic acids is 4. The molecular weight excluding hydrogens is 418 g/mol. The van der Waals surface area contributed by atoms with Gasteiger partial charge in [-0.05, 0) is 6.07 Å². The molecule has 0 unspecified atom stereocenters. The van der Waals surface area contributed by atoms with Crippen molar-refractivity contribution < 1.29 is 42.9 Å². The third kappa shape index (κ3) is 6.25. The number of nitrogens with two attached hydrogens (primary N) is 1. The van der Waals surface area contributed by atoms with Gasteiger partial charge in [0.2, 0.25) is 0 Å². The zero-order valence-electron chi connectivity index (χ0n) is 17.3. The number of ether oxygens (including phenoxy) is 5. The predicted octanol–water partition coefficient (Wildman–Crippen LogP) is -0.919. The van der Waals surface area contributed by atoms with Crippen LogP contribution in [0.2, 0.25) is 0 Å². The van der Waals surface area contributed by atoms with E-state index < -0.39 is 66.8 Å². The Labute approximate surface area is 176 Å². The minimum atomic E-state index is -1.41. The minimum absolute atomic E-state index is 0.0631. The van der Waals surface area contributed by atoms with Crippen LogP contribution in [0.4, 0.5) is 5.82 Å². The van der Waals surface area contributed by atoms with Gasteiger partial charge in [-0.1, -0.05) is 0 Å². The van der Waals surface area contributed by atoms with Gasteiger partial charge in [-0.15, -0.1) is 0 Å². The van der Waals surface area contributed by atoms with Crippen LogP contribution in [-0.4, -0.2) is 64.5 Å². The van der Waals surface area contributed by atoms with E-state index >= 15 is 0 Å². The number of nitrogen functional groups attached to an aromatic ring is 1. The number of rotatable bonds is 6. The number of nitrogens with zero attached hydrogens (tertiary/aromatic N) is 2. The molecule has 13 nitrogen and oxygen atoms in total. The molecule has 0 spiro atoms.